The van der Waals surface area contributed by atoms with Crippen LogP contribution in [-0.2, 0) is 45.9 Å². The van der Waals surface area contributed by atoms with Gasteiger partial charge < -0.3 is 45.8 Å². The molecule has 526 valence electrons. The summed E-state index contributed by atoms with van der Waals surface area (Å²) in [7, 11) is 4.72. The molecule has 6 aromatic rings. The van der Waals surface area contributed by atoms with Crippen molar-refractivity contribution in [3.8, 4) is 11.5 Å². The number of primary amides is 2. The van der Waals surface area contributed by atoms with Gasteiger partial charge in [-0.2, -0.15) is 53.3 Å². The van der Waals surface area contributed by atoms with Crippen LogP contribution in [0, 0.1) is 0 Å². The fourth-order valence-corrected chi connectivity index (χ4v) is 12.5. The number of alkyl halides is 6. The molecule has 5 N–H and O–H groups in total. The van der Waals surface area contributed by atoms with Crippen molar-refractivity contribution in [2.24, 2.45) is 11.5 Å². The van der Waals surface area contributed by atoms with E-state index < -0.39 is 77.3 Å². The molecule has 6 amide bonds. The summed E-state index contributed by atoms with van der Waals surface area (Å²) in [6.07, 6.45) is -8.61. The molecule has 0 radical (unpaired) electrons. The highest BCUT2D eigenvalue weighted by Gasteiger charge is 2.50. The number of carbonyl (C=O) groups excluding carboxylic acids is 7. The molecular weight excluding hydrogens is 1390 g/mol. The summed E-state index contributed by atoms with van der Waals surface area (Å²) >= 11 is 24.7. The van der Waals surface area contributed by atoms with Crippen LogP contribution in [-0.4, -0.2) is 153 Å². The average Bonchev–Trinajstić information content (AvgIpc) is 0.784. The molecule has 17 nitrogen and oxygen atoms in total. The molecule has 2 aliphatic rings. The van der Waals surface area contributed by atoms with E-state index >= 15 is 0 Å². The normalized spacial score (nSPS) is 15.3. The maximum Gasteiger partial charge on any atom is 0.471 e. The van der Waals surface area contributed by atoms with E-state index in [-0.39, 0.29) is 89.3 Å². The summed E-state index contributed by atoms with van der Waals surface area (Å²) in [5, 5.41) is 3.86. The van der Waals surface area contributed by atoms with Crippen molar-refractivity contribution >= 4 is 115 Å². The Hall–Kier alpha value is -7.23. The van der Waals surface area contributed by atoms with Gasteiger partial charge in [-0.3, -0.25) is 29.0 Å². The lowest BCUT2D eigenvalue weighted by Gasteiger charge is -2.45. The van der Waals surface area contributed by atoms with Crippen molar-refractivity contribution in [3.05, 3.63) is 200 Å². The molecule has 2 atom stereocenters. The molecule has 0 aromatic heterocycles. The number of nitrogens with zero attached hydrogens (tertiary/aromatic N) is 5. The van der Waals surface area contributed by atoms with E-state index in [1.54, 1.807) is 54.6 Å². The summed E-state index contributed by atoms with van der Waals surface area (Å²) in [5.74, 6) is -4.33. The van der Waals surface area contributed by atoms with Gasteiger partial charge in [-0.15, -0.1) is 0 Å². The Morgan fingerprint density at radius 1 is 0.526 bits per heavy atom. The van der Waals surface area contributed by atoms with E-state index in [0.29, 0.717) is 60.5 Å². The zero-order chi connectivity index (χ0) is 69.9. The maximum absolute atomic E-state index is 13.6. The molecule has 2 heterocycles. The third kappa shape index (κ3) is 20.9. The van der Waals surface area contributed by atoms with Gasteiger partial charge in [0, 0.05) is 47.7 Å². The van der Waals surface area contributed by atoms with Gasteiger partial charge in [0.25, 0.3) is 0 Å². The Balaban J connectivity index is 0.000000345. The number of hydrogen-bond acceptors (Lipinski definition) is 11. The number of benzene rings is 6. The smallest absolute Gasteiger partial charge is 0.410 e. The van der Waals surface area contributed by atoms with E-state index in [9.17, 15) is 59.9 Å². The van der Waals surface area contributed by atoms with Crippen molar-refractivity contribution < 1.29 is 69.4 Å². The number of halogens is 10. The van der Waals surface area contributed by atoms with Gasteiger partial charge in [-0.25, -0.2) is 9.59 Å². The van der Waals surface area contributed by atoms with Crippen LogP contribution in [0.15, 0.2) is 158 Å². The van der Waals surface area contributed by atoms with Crippen LogP contribution in [0.5, 0.6) is 11.5 Å². The quantitative estimate of drug-likeness (QED) is 0.0455. The van der Waals surface area contributed by atoms with Gasteiger partial charge in [0.2, 0.25) is 11.8 Å². The van der Waals surface area contributed by atoms with E-state index in [1.165, 1.54) is 61.5 Å². The number of nitrogens with one attached hydrogen (secondary N) is 1. The van der Waals surface area contributed by atoms with Crippen LogP contribution in [0.25, 0.3) is 0 Å². The number of para-hydroxylation sites is 2. The van der Waals surface area contributed by atoms with Crippen molar-refractivity contribution in [2.45, 2.75) is 85.6 Å². The number of nitrogens with two attached hydrogens (primary N) is 2. The largest absolute Gasteiger partial charge is 0.471 e. The highest BCUT2D eigenvalue weighted by molar-refractivity contribution is 7.59. The number of likely N-dealkylation sites (tertiary alicyclic amines) is 1. The molecule has 6 aromatic carbocycles. The molecule has 0 unspecified atom stereocenters. The summed E-state index contributed by atoms with van der Waals surface area (Å²) < 4.78 is 91.1. The first kappa shape index (κ1) is 82.2. The first-order chi connectivity index (χ1) is 44.9. The fraction of sp³-hybridized carbons (Fsp3) is 0.368. The van der Waals surface area contributed by atoms with E-state index in [4.69, 9.17) is 67.3 Å². The predicted octanol–water partition coefficient (Wildman–Crippen LogP) is 13.0. The van der Waals surface area contributed by atoms with Crippen LogP contribution in [0.1, 0.15) is 73.6 Å². The third-order valence-corrected chi connectivity index (χ3v) is 18.8. The van der Waals surface area contributed by atoms with Gasteiger partial charge in [-0.05, 0) is 148 Å². The molecule has 2 fully saturated rings. The van der Waals surface area contributed by atoms with Gasteiger partial charge in [-0.1, -0.05) is 156 Å². The molecular formula is C68H78Cl4F6N8O9S2. The molecule has 97 heavy (non-hydrogen) atoms. The Bertz CT molecular complexity index is 3590. The van der Waals surface area contributed by atoms with Crippen LogP contribution in [0.4, 0.5) is 35.9 Å². The van der Waals surface area contributed by atoms with E-state index in [0.717, 1.165) is 56.1 Å². The summed E-state index contributed by atoms with van der Waals surface area (Å²) in [5.41, 5.74) is 9.66. The van der Waals surface area contributed by atoms with E-state index in [1.807, 2.05) is 60.7 Å². The number of aldehydes is 1. The Morgan fingerprint density at radius 3 is 1.22 bits per heavy atom. The van der Waals surface area contributed by atoms with Crippen LogP contribution in [0.3, 0.4) is 0 Å². The molecule has 0 spiro atoms. The molecule has 29 heteroatoms. The number of amides is 6. The molecule has 2 saturated heterocycles. The van der Waals surface area contributed by atoms with Crippen LogP contribution in [0.2, 0.25) is 20.1 Å². The fourth-order valence-electron chi connectivity index (χ4n) is 11.9. The average molecular weight is 1470 g/mol. The molecule has 2 aliphatic heterocycles. The number of carbonyl (C=O) groups is 7. The highest BCUT2D eigenvalue weighted by atomic mass is 35.5. The first-order valence-electron chi connectivity index (χ1n) is 30.0. The lowest BCUT2D eigenvalue weighted by molar-refractivity contribution is -0.185. The second-order valence-electron chi connectivity index (χ2n) is 23.1. The van der Waals surface area contributed by atoms with Crippen molar-refractivity contribution in [1.29, 1.82) is 0 Å². The minimum atomic E-state index is -5.14. The Morgan fingerprint density at radius 2 is 0.876 bits per heavy atom. The second-order valence-corrected chi connectivity index (χ2v) is 24.8. The van der Waals surface area contributed by atoms with Crippen molar-refractivity contribution in [1.82, 2.24) is 29.8 Å². The minimum absolute atomic E-state index is 0. The van der Waals surface area contributed by atoms with Gasteiger partial charge in [0.15, 0.2) is 0 Å². The van der Waals surface area contributed by atoms with Crippen LogP contribution < -0.4 is 26.3 Å². The lowest BCUT2D eigenvalue weighted by Crippen LogP contribution is -2.56. The van der Waals surface area contributed by atoms with Gasteiger partial charge in [0.1, 0.15) is 17.8 Å². The summed E-state index contributed by atoms with van der Waals surface area (Å²) in [6.45, 7) is 2.19. The Kier molecular flexibility index (Phi) is 31.0. The first-order valence-corrected chi connectivity index (χ1v) is 31.5. The third-order valence-electron chi connectivity index (χ3n) is 17.3. The monoisotopic (exact) mass is 1470 g/mol. The number of hydrogen-bond donors (Lipinski definition) is 3. The number of rotatable bonds is 21. The van der Waals surface area contributed by atoms with Crippen molar-refractivity contribution in [2.75, 3.05) is 74.0 Å². The number of piperidine rings is 2. The lowest BCUT2D eigenvalue weighted by atomic mass is 9.72. The topological polar surface area (TPSA) is 218 Å². The molecule has 8 rings (SSSR count). The standard InChI is InChI=1S/C34H37Cl2F3N4O4.C22H21Cl2F3N2O4.C12H16N2O.2H2S/c1-41(30(45)34(37,38)39)23-33(25-14-15-27(35)28(36)22-25,42(2)31(46)47-26-12-7-4-8-13-26)16-9-19-43-20-17-32(18-21-43,29(40)44)24-10-5-3-6-11-24;1-28(19(31)22(25,26)27)14-21(11-6-12-30,15-9-10-17(23)18(24)13-15)29(2)20(32)33-16-7-4-3-5-8-16;13-11(15)12(6-8-14-9-7-12)10-4-2-1-3-5-10;;/h3-8,10-15,22H,9,16-21,23H2,1-2H3,(H2,40,44);3-5,7-10,12-13H,6,11,14H2,1-2H3;1-5,14H,6-9H2,(H2,13,15);2*1H2/t33-;21-;;;/m11.../s1. The number of likely N-dealkylation sites (N-methyl/N-ethyl adjacent to an activating group) is 4. The second kappa shape index (κ2) is 36.6. The minimum Gasteiger partial charge on any atom is -0.410 e. The molecule has 0 bridgehead atoms. The Labute approximate surface area is 593 Å². The van der Waals surface area contributed by atoms with Crippen LogP contribution >= 0.6 is 73.4 Å². The van der Waals surface area contributed by atoms with E-state index in [2.05, 4.69) is 10.2 Å². The van der Waals surface area contributed by atoms with Crippen molar-refractivity contribution in [3.63, 3.8) is 0 Å². The molecule has 0 saturated carbocycles. The highest BCUT2D eigenvalue weighted by Crippen LogP contribution is 2.42. The van der Waals surface area contributed by atoms with Gasteiger partial charge >= 0.3 is 36.4 Å². The predicted molar refractivity (Wildman–Crippen MR) is 372 cm³/mol. The molecule has 0 aliphatic carbocycles. The number of ether oxygens (including phenoxy) is 2. The van der Waals surface area contributed by atoms with Gasteiger partial charge in [0.05, 0.1) is 42.0 Å². The zero-order valence-corrected chi connectivity index (χ0v) is 58.6. The SMILES string of the molecule is CN(C[C@](CCC=O)(c1ccc(Cl)c(Cl)c1)N(C)C(=O)Oc1ccccc1)C(=O)C(F)(F)F.CN(C[C@](CCCN1CCC(C(N)=O)(c2ccccc2)CC1)(c1ccc(Cl)c(Cl)c1)N(C)C(=O)Oc1ccccc1)C(=O)C(F)(F)F.NC(=O)C1(c2ccccc2)CCNCC1.S.S. The maximum atomic E-state index is 13.6. The summed E-state index contributed by atoms with van der Waals surface area (Å²) in [4.78, 5) is 91.9. The summed E-state index contributed by atoms with van der Waals surface area (Å²) in [6, 6.07) is 44.4. The zero-order valence-electron chi connectivity index (χ0n) is 53.5.